The molecule has 4 aromatic rings. The summed E-state index contributed by atoms with van der Waals surface area (Å²) in [5.74, 6) is 0. The van der Waals surface area contributed by atoms with Gasteiger partial charge in [-0.25, -0.2) is 4.98 Å². The Morgan fingerprint density at radius 3 is 2.50 bits per heavy atom. The largest absolute Gasteiger partial charge is 0.311 e. The van der Waals surface area contributed by atoms with Crippen LogP contribution in [0.3, 0.4) is 0 Å². The Bertz CT molecular complexity index is 1010. The van der Waals surface area contributed by atoms with Crippen LogP contribution in [0, 0.1) is 0 Å². The van der Waals surface area contributed by atoms with E-state index in [1.54, 1.807) is 0 Å². The van der Waals surface area contributed by atoms with Gasteiger partial charge < -0.3 is 4.40 Å². The van der Waals surface area contributed by atoms with Gasteiger partial charge in [-0.3, -0.25) is 4.79 Å². The number of benzene rings is 2. The van der Waals surface area contributed by atoms with E-state index in [0.29, 0.717) is 16.2 Å². The number of rotatable bonds is 2. The van der Waals surface area contributed by atoms with Crippen LogP contribution in [0.1, 0.15) is 10.4 Å². The van der Waals surface area contributed by atoms with Gasteiger partial charge in [0.05, 0.1) is 22.3 Å². The van der Waals surface area contributed by atoms with Crippen LogP contribution in [0.2, 0.25) is 5.15 Å². The van der Waals surface area contributed by atoms with Crippen LogP contribution in [0.5, 0.6) is 0 Å². The highest BCUT2D eigenvalue weighted by Gasteiger charge is 2.16. The molecule has 0 unspecified atom stereocenters. The Balaban J connectivity index is 2.14. The zero-order chi connectivity index (χ0) is 15.1. The highest BCUT2D eigenvalue weighted by atomic mass is 35.5. The zero-order valence-corrected chi connectivity index (χ0v) is 12.3. The van der Waals surface area contributed by atoms with Crippen LogP contribution >= 0.6 is 11.6 Å². The molecule has 0 N–H and O–H groups in total. The second-order valence-corrected chi connectivity index (χ2v) is 5.41. The summed E-state index contributed by atoms with van der Waals surface area (Å²) in [4.78, 5) is 16.0. The van der Waals surface area contributed by atoms with Gasteiger partial charge in [0.2, 0.25) is 0 Å². The number of halogens is 1. The first-order chi connectivity index (χ1) is 10.8. The second-order valence-electron chi connectivity index (χ2n) is 5.05. The molecule has 0 aliphatic carbocycles. The van der Waals surface area contributed by atoms with Crippen molar-refractivity contribution in [3.8, 4) is 11.3 Å². The van der Waals surface area contributed by atoms with Crippen molar-refractivity contribution in [2.24, 2.45) is 0 Å². The van der Waals surface area contributed by atoms with Crippen LogP contribution < -0.4 is 0 Å². The molecular weight excluding hydrogens is 296 g/mol. The number of nitrogens with zero attached hydrogens (tertiary/aromatic N) is 2. The molecule has 2 aromatic heterocycles. The first-order valence-corrected chi connectivity index (χ1v) is 7.27. The van der Waals surface area contributed by atoms with Crippen LogP contribution in [0.25, 0.3) is 27.7 Å². The van der Waals surface area contributed by atoms with E-state index in [1.165, 1.54) is 0 Å². The molecule has 4 rings (SSSR count). The van der Waals surface area contributed by atoms with Crippen molar-refractivity contribution in [1.29, 1.82) is 0 Å². The number of aldehydes is 1. The normalized spacial score (nSPS) is 11.1. The molecule has 0 spiro atoms. The minimum Gasteiger partial charge on any atom is -0.311 e. The topological polar surface area (TPSA) is 34.4 Å². The Hall–Kier alpha value is -2.65. The first-order valence-electron chi connectivity index (χ1n) is 6.89. The number of hydrogen-bond acceptors (Lipinski definition) is 2. The maximum absolute atomic E-state index is 11.5. The predicted molar refractivity (Wildman–Crippen MR) is 88.5 cm³/mol. The quantitative estimate of drug-likeness (QED) is 0.506. The van der Waals surface area contributed by atoms with Crippen molar-refractivity contribution >= 4 is 34.3 Å². The van der Waals surface area contributed by atoms with Crippen molar-refractivity contribution in [3.05, 3.63) is 71.5 Å². The van der Waals surface area contributed by atoms with Gasteiger partial charge in [-0.05, 0) is 6.07 Å². The van der Waals surface area contributed by atoms with E-state index in [1.807, 2.05) is 65.2 Å². The molecule has 4 heteroatoms. The van der Waals surface area contributed by atoms with E-state index < -0.39 is 0 Å². The third kappa shape index (κ3) is 1.83. The minimum absolute atomic E-state index is 0.333. The SMILES string of the molecule is O=Cc1c2ccccc2n2cc(-c3ccccc3)nc(Cl)c12. The van der Waals surface area contributed by atoms with Crippen LogP contribution in [-0.4, -0.2) is 15.7 Å². The molecule has 0 radical (unpaired) electrons. The highest BCUT2D eigenvalue weighted by molar-refractivity contribution is 6.34. The number of hydrogen-bond donors (Lipinski definition) is 0. The van der Waals surface area contributed by atoms with Gasteiger partial charge in [0.15, 0.2) is 11.4 Å². The lowest BCUT2D eigenvalue weighted by Crippen LogP contribution is -1.93. The third-order valence-corrected chi connectivity index (χ3v) is 4.07. The molecule has 3 nitrogen and oxygen atoms in total. The molecule has 0 amide bonds. The molecule has 106 valence electrons. The Morgan fingerprint density at radius 1 is 1.00 bits per heavy atom. The second kappa shape index (κ2) is 4.97. The van der Waals surface area contributed by atoms with Crippen LogP contribution in [-0.2, 0) is 0 Å². The third-order valence-electron chi connectivity index (χ3n) is 3.80. The molecule has 0 aliphatic heterocycles. The van der Waals surface area contributed by atoms with Gasteiger partial charge in [-0.1, -0.05) is 60.1 Å². The smallest absolute Gasteiger partial charge is 0.154 e. The van der Waals surface area contributed by atoms with Crippen molar-refractivity contribution in [2.75, 3.05) is 0 Å². The average Bonchev–Trinajstić information content (AvgIpc) is 2.90. The van der Waals surface area contributed by atoms with Crippen molar-refractivity contribution < 1.29 is 4.79 Å². The lowest BCUT2D eigenvalue weighted by atomic mass is 10.1. The van der Waals surface area contributed by atoms with Crippen molar-refractivity contribution in [3.63, 3.8) is 0 Å². The number of fused-ring (bicyclic) bond motifs is 3. The number of para-hydroxylation sites is 1. The summed E-state index contributed by atoms with van der Waals surface area (Å²) in [5, 5.41) is 1.21. The van der Waals surface area contributed by atoms with Gasteiger partial charge in [0.25, 0.3) is 0 Å². The van der Waals surface area contributed by atoms with Gasteiger partial charge in [-0.2, -0.15) is 0 Å². The summed E-state index contributed by atoms with van der Waals surface area (Å²) in [5.41, 5.74) is 3.93. The van der Waals surface area contributed by atoms with E-state index in [0.717, 1.165) is 28.4 Å². The van der Waals surface area contributed by atoms with Gasteiger partial charge in [0.1, 0.15) is 0 Å². The van der Waals surface area contributed by atoms with Gasteiger partial charge in [0, 0.05) is 17.1 Å². The number of carbonyl (C=O) groups is 1. The fourth-order valence-corrected chi connectivity index (χ4v) is 3.09. The van der Waals surface area contributed by atoms with Crippen molar-refractivity contribution in [2.45, 2.75) is 0 Å². The first kappa shape index (κ1) is 13.0. The molecule has 22 heavy (non-hydrogen) atoms. The average molecular weight is 307 g/mol. The molecular formula is C18H11ClN2O. The maximum Gasteiger partial charge on any atom is 0.154 e. The monoisotopic (exact) mass is 306 g/mol. The fraction of sp³-hybridized carbons (Fsp3) is 0. The lowest BCUT2D eigenvalue weighted by Gasteiger charge is -2.05. The Labute approximate surface area is 131 Å². The van der Waals surface area contributed by atoms with Crippen LogP contribution in [0.4, 0.5) is 0 Å². The van der Waals surface area contributed by atoms with E-state index in [2.05, 4.69) is 4.98 Å². The highest BCUT2D eigenvalue weighted by Crippen LogP contribution is 2.31. The van der Waals surface area contributed by atoms with Gasteiger partial charge >= 0.3 is 0 Å². The summed E-state index contributed by atoms with van der Waals surface area (Å²) in [6.07, 6.45) is 2.76. The summed E-state index contributed by atoms with van der Waals surface area (Å²) in [7, 11) is 0. The molecule has 0 saturated carbocycles. The number of aromatic nitrogens is 2. The zero-order valence-electron chi connectivity index (χ0n) is 11.5. The summed E-state index contributed by atoms with van der Waals surface area (Å²) in [6, 6.07) is 17.6. The molecule has 2 heterocycles. The standard InChI is InChI=1S/C18H11ClN2O/c19-18-17-14(11-22)13-8-4-5-9-16(13)21(17)10-15(20-18)12-6-2-1-3-7-12/h1-11H. The minimum atomic E-state index is 0.333. The summed E-state index contributed by atoms with van der Waals surface area (Å²) >= 11 is 6.38. The van der Waals surface area contributed by atoms with Gasteiger partial charge in [-0.15, -0.1) is 0 Å². The molecule has 0 bridgehead atoms. The number of carbonyl (C=O) groups excluding carboxylic acids is 1. The molecule has 0 atom stereocenters. The van der Waals surface area contributed by atoms with Crippen molar-refractivity contribution in [1.82, 2.24) is 9.38 Å². The maximum atomic E-state index is 11.5. The lowest BCUT2D eigenvalue weighted by molar-refractivity contribution is 0.112. The summed E-state index contributed by atoms with van der Waals surface area (Å²) < 4.78 is 1.94. The molecule has 0 saturated heterocycles. The fourth-order valence-electron chi connectivity index (χ4n) is 2.81. The Morgan fingerprint density at radius 2 is 1.73 bits per heavy atom. The predicted octanol–water partition coefficient (Wildman–Crippen LogP) is 4.62. The Kier molecular flexibility index (Phi) is 2.94. The van der Waals surface area contributed by atoms with E-state index in [9.17, 15) is 4.79 Å². The van der Waals surface area contributed by atoms with Crippen LogP contribution in [0.15, 0.2) is 60.8 Å². The van der Waals surface area contributed by atoms with E-state index in [4.69, 9.17) is 11.6 Å². The summed E-state index contributed by atoms with van der Waals surface area (Å²) in [6.45, 7) is 0. The van der Waals surface area contributed by atoms with E-state index >= 15 is 0 Å². The molecule has 2 aromatic carbocycles. The molecule has 0 fully saturated rings. The van der Waals surface area contributed by atoms with E-state index in [-0.39, 0.29) is 0 Å². The molecule has 0 aliphatic rings.